The molecule has 1 aromatic rings. The summed E-state index contributed by atoms with van der Waals surface area (Å²) >= 11 is 0. The Morgan fingerprint density at radius 3 is 2.58 bits per heavy atom. The van der Waals surface area contributed by atoms with Gasteiger partial charge in [0, 0.05) is 13.1 Å². The molecule has 2 rings (SSSR count). The van der Waals surface area contributed by atoms with Crippen LogP contribution in [0.4, 0.5) is 11.5 Å². The van der Waals surface area contributed by atoms with E-state index in [0.717, 1.165) is 32.2 Å². The quantitative estimate of drug-likeness (QED) is 0.847. The molecule has 0 amide bonds. The highest BCUT2D eigenvalue weighted by Gasteiger charge is 2.21. The van der Waals surface area contributed by atoms with Gasteiger partial charge in [0.1, 0.15) is 11.4 Å². The first kappa shape index (κ1) is 13.6. The van der Waals surface area contributed by atoms with Crippen LogP contribution >= 0.6 is 0 Å². The highest BCUT2D eigenvalue weighted by Crippen LogP contribution is 2.25. The molecule has 1 fully saturated rings. The van der Waals surface area contributed by atoms with Crippen LogP contribution in [0.1, 0.15) is 23.2 Å². The number of pyridine rings is 1. The van der Waals surface area contributed by atoms with Gasteiger partial charge in [-0.05, 0) is 18.9 Å². The molecule has 0 unspecified atom stereocenters. The Hall–Kier alpha value is -1.83. The third-order valence-electron chi connectivity index (χ3n) is 2.81. The van der Waals surface area contributed by atoms with Gasteiger partial charge in [0.15, 0.2) is 0 Å². The highest BCUT2D eigenvalue weighted by atomic mass is 32.2. The van der Waals surface area contributed by atoms with E-state index in [4.69, 9.17) is 0 Å². The average molecular weight is 285 g/mol. The number of anilines is 2. The van der Waals surface area contributed by atoms with E-state index >= 15 is 0 Å². The largest absolute Gasteiger partial charge is 0.478 e. The predicted octanol–water partition coefficient (Wildman–Crippen LogP) is 0.752. The van der Waals surface area contributed by atoms with E-state index in [2.05, 4.69) is 9.71 Å². The summed E-state index contributed by atoms with van der Waals surface area (Å²) in [6.07, 6.45) is 4.34. The summed E-state index contributed by atoms with van der Waals surface area (Å²) in [4.78, 5) is 17.2. The molecule has 19 heavy (non-hydrogen) atoms. The Morgan fingerprint density at radius 1 is 1.42 bits per heavy atom. The fourth-order valence-corrected chi connectivity index (χ4v) is 2.61. The monoisotopic (exact) mass is 285 g/mol. The SMILES string of the molecule is CS(=O)(=O)Nc1cnc(N2CCCC2)c(C(=O)O)c1. The molecule has 0 saturated carbocycles. The first-order chi connectivity index (χ1) is 8.87. The lowest BCUT2D eigenvalue weighted by Crippen LogP contribution is -2.22. The van der Waals surface area contributed by atoms with Crippen LogP contribution in [0.2, 0.25) is 0 Å². The zero-order chi connectivity index (χ0) is 14.0. The van der Waals surface area contributed by atoms with Gasteiger partial charge in [0.25, 0.3) is 0 Å². The minimum Gasteiger partial charge on any atom is -0.478 e. The van der Waals surface area contributed by atoms with E-state index in [-0.39, 0.29) is 11.3 Å². The van der Waals surface area contributed by atoms with Gasteiger partial charge in [0.2, 0.25) is 10.0 Å². The molecule has 1 aromatic heterocycles. The second-order valence-electron chi connectivity index (χ2n) is 4.47. The van der Waals surface area contributed by atoms with E-state index < -0.39 is 16.0 Å². The normalized spacial score (nSPS) is 15.5. The molecule has 0 aliphatic carbocycles. The van der Waals surface area contributed by atoms with Crippen molar-refractivity contribution in [3.8, 4) is 0 Å². The van der Waals surface area contributed by atoms with Gasteiger partial charge in [-0.3, -0.25) is 4.72 Å². The van der Waals surface area contributed by atoms with Gasteiger partial charge < -0.3 is 10.0 Å². The van der Waals surface area contributed by atoms with Crippen LogP contribution < -0.4 is 9.62 Å². The number of rotatable bonds is 4. The number of carboxylic acid groups (broad SMARTS) is 1. The van der Waals surface area contributed by atoms with E-state index in [0.29, 0.717) is 5.82 Å². The first-order valence-corrected chi connectivity index (χ1v) is 7.72. The number of sulfonamides is 1. The van der Waals surface area contributed by atoms with Crippen molar-refractivity contribution < 1.29 is 18.3 Å². The van der Waals surface area contributed by atoms with Gasteiger partial charge in [0.05, 0.1) is 18.1 Å². The lowest BCUT2D eigenvalue weighted by atomic mass is 10.2. The molecule has 2 N–H and O–H groups in total. The molecule has 7 nitrogen and oxygen atoms in total. The summed E-state index contributed by atoms with van der Waals surface area (Å²) in [7, 11) is -3.45. The fraction of sp³-hybridized carbons (Fsp3) is 0.455. The molecule has 0 aromatic carbocycles. The third-order valence-corrected chi connectivity index (χ3v) is 3.41. The zero-order valence-corrected chi connectivity index (χ0v) is 11.3. The van der Waals surface area contributed by atoms with Crippen molar-refractivity contribution >= 4 is 27.5 Å². The van der Waals surface area contributed by atoms with Crippen molar-refractivity contribution in [3.63, 3.8) is 0 Å². The van der Waals surface area contributed by atoms with Crippen LogP contribution in [0.15, 0.2) is 12.3 Å². The Bertz CT molecular complexity index is 594. The molecule has 0 atom stereocenters. The standard InChI is InChI=1S/C11H15N3O4S/c1-19(17,18)13-8-6-9(11(15)16)10(12-7-8)14-4-2-3-5-14/h6-7,13H,2-5H2,1H3,(H,15,16). The van der Waals surface area contributed by atoms with Gasteiger partial charge in [-0.15, -0.1) is 0 Å². The molecule has 2 heterocycles. The number of nitrogens with one attached hydrogen (secondary N) is 1. The molecule has 1 aliphatic heterocycles. The van der Waals surface area contributed by atoms with E-state index in [1.165, 1.54) is 12.3 Å². The molecular weight excluding hydrogens is 270 g/mol. The fourth-order valence-electron chi connectivity index (χ4n) is 2.07. The molecule has 0 bridgehead atoms. The Kier molecular flexibility index (Phi) is 3.61. The van der Waals surface area contributed by atoms with Crippen molar-refractivity contribution in [2.24, 2.45) is 0 Å². The zero-order valence-electron chi connectivity index (χ0n) is 10.5. The summed E-state index contributed by atoms with van der Waals surface area (Å²) in [5.41, 5.74) is 0.165. The van der Waals surface area contributed by atoms with Crippen molar-refractivity contribution in [2.75, 3.05) is 29.0 Å². The summed E-state index contributed by atoms with van der Waals surface area (Å²) in [5, 5.41) is 9.20. The Labute approximate surface area is 111 Å². The molecule has 8 heteroatoms. The maximum Gasteiger partial charge on any atom is 0.339 e. The van der Waals surface area contributed by atoms with Crippen LogP contribution in [0, 0.1) is 0 Å². The summed E-state index contributed by atoms with van der Waals surface area (Å²) in [6.45, 7) is 1.54. The molecule has 1 saturated heterocycles. The van der Waals surface area contributed by atoms with Crippen molar-refractivity contribution in [3.05, 3.63) is 17.8 Å². The van der Waals surface area contributed by atoms with Gasteiger partial charge in [-0.1, -0.05) is 0 Å². The average Bonchev–Trinajstić information content (AvgIpc) is 2.80. The number of hydrogen-bond acceptors (Lipinski definition) is 5. The maximum atomic E-state index is 11.3. The summed E-state index contributed by atoms with van der Waals surface area (Å²) in [5.74, 6) is -0.726. The van der Waals surface area contributed by atoms with Gasteiger partial charge >= 0.3 is 5.97 Å². The van der Waals surface area contributed by atoms with Crippen LogP contribution in [0.5, 0.6) is 0 Å². The van der Waals surface area contributed by atoms with Crippen molar-refractivity contribution in [2.45, 2.75) is 12.8 Å². The lowest BCUT2D eigenvalue weighted by molar-refractivity contribution is 0.0697. The van der Waals surface area contributed by atoms with E-state index in [1.54, 1.807) is 0 Å². The van der Waals surface area contributed by atoms with Crippen molar-refractivity contribution in [1.29, 1.82) is 0 Å². The molecule has 104 valence electrons. The molecular formula is C11H15N3O4S. The third kappa shape index (κ3) is 3.34. The first-order valence-electron chi connectivity index (χ1n) is 5.83. The molecule has 0 spiro atoms. The Balaban J connectivity index is 2.37. The van der Waals surface area contributed by atoms with Crippen LogP contribution in [0.25, 0.3) is 0 Å². The number of hydrogen-bond donors (Lipinski definition) is 2. The Morgan fingerprint density at radius 2 is 2.05 bits per heavy atom. The van der Waals surface area contributed by atoms with Crippen LogP contribution in [-0.2, 0) is 10.0 Å². The van der Waals surface area contributed by atoms with E-state index in [9.17, 15) is 18.3 Å². The molecule has 0 radical (unpaired) electrons. The summed E-state index contributed by atoms with van der Waals surface area (Å²) < 4.78 is 24.5. The second kappa shape index (κ2) is 5.04. The number of carbonyl (C=O) groups is 1. The van der Waals surface area contributed by atoms with Gasteiger partial charge in [-0.25, -0.2) is 18.2 Å². The minimum absolute atomic E-state index is 0.00977. The number of nitrogens with zero attached hydrogens (tertiary/aromatic N) is 2. The lowest BCUT2D eigenvalue weighted by Gasteiger charge is -2.19. The van der Waals surface area contributed by atoms with E-state index in [1.807, 2.05) is 4.90 Å². The number of aromatic nitrogens is 1. The minimum atomic E-state index is -3.45. The number of aromatic carboxylic acids is 1. The predicted molar refractivity (Wildman–Crippen MR) is 71.1 cm³/mol. The maximum absolute atomic E-state index is 11.3. The summed E-state index contributed by atoms with van der Waals surface area (Å²) in [6, 6.07) is 1.30. The highest BCUT2D eigenvalue weighted by molar-refractivity contribution is 7.92. The van der Waals surface area contributed by atoms with Gasteiger partial charge in [-0.2, -0.15) is 0 Å². The number of carboxylic acids is 1. The topological polar surface area (TPSA) is 99.6 Å². The van der Waals surface area contributed by atoms with Crippen LogP contribution in [0.3, 0.4) is 0 Å². The van der Waals surface area contributed by atoms with Crippen molar-refractivity contribution in [1.82, 2.24) is 4.98 Å². The second-order valence-corrected chi connectivity index (χ2v) is 6.22. The van der Waals surface area contributed by atoms with Crippen LogP contribution in [-0.4, -0.2) is 43.8 Å². The smallest absolute Gasteiger partial charge is 0.339 e. The molecule has 1 aliphatic rings.